The molecule has 1 amide bonds. The lowest BCUT2D eigenvalue weighted by Crippen LogP contribution is -2.27. The van der Waals surface area contributed by atoms with E-state index in [0.717, 1.165) is 0 Å². The van der Waals surface area contributed by atoms with Crippen molar-refractivity contribution in [3.8, 4) is 0 Å². The maximum Gasteiger partial charge on any atom is 0.306 e. The maximum atomic E-state index is 11.6. The summed E-state index contributed by atoms with van der Waals surface area (Å²) in [6.07, 6.45) is 1.94. The van der Waals surface area contributed by atoms with Crippen molar-refractivity contribution in [3.63, 3.8) is 0 Å². The smallest absolute Gasteiger partial charge is 0.306 e. The number of nitrogens with one attached hydrogen (secondary N) is 1. The predicted molar refractivity (Wildman–Crippen MR) is 70.4 cm³/mol. The zero-order valence-electron chi connectivity index (χ0n) is 11.1. The molecular weight excluding hydrogens is 270 g/mol. The number of carbonyl (C=O) groups excluding carboxylic acids is 1. The fourth-order valence-corrected chi connectivity index (χ4v) is 3.99. The van der Waals surface area contributed by atoms with Gasteiger partial charge in [0.1, 0.15) is 0 Å². The van der Waals surface area contributed by atoms with Gasteiger partial charge < -0.3 is 10.4 Å². The number of aliphatic carboxylic acids is 1. The minimum atomic E-state index is -2.93. The van der Waals surface area contributed by atoms with Crippen LogP contribution in [0.3, 0.4) is 0 Å². The van der Waals surface area contributed by atoms with Crippen molar-refractivity contribution in [3.05, 3.63) is 0 Å². The second-order valence-electron chi connectivity index (χ2n) is 5.20. The number of carbonyl (C=O) groups is 2. The van der Waals surface area contributed by atoms with Crippen LogP contribution in [0, 0.1) is 11.8 Å². The first-order valence-electron chi connectivity index (χ1n) is 6.50. The summed E-state index contributed by atoms with van der Waals surface area (Å²) in [6.45, 7) is 2.07. The SMILES string of the molecule is CC(CCCNC(=O)CC1CCS(=O)(=O)C1)C(=O)O. The maximum absolute atomic E-state index is 11.6. The zero-order valence-corrected chi connectivity index (χ0v) is 11.9. The molecule has 1 aliphatic rings. The summed E-state index contributed by atoms with van der Waals surface area (Å²) in [5.41, 5.74) is 0. The Morgan fingerprint density at radius 2 is 2.11 bits per heavy atom. The second kappa shape index (κ2) is 6.88. The molecule has 1 saturated heterocycles. The average Bonchev–Trinajstić information content (AvgIpc) is 2.63. The molecule has 0 spiro atoms. The van der Waals surface area contributed by atoms with Crippen molar-refractivity contribution in [1.29, 1.82) is 0 Å². The molecule has 0 aromatic rings. The van der Waals surface area contributed by atoms with E-state index in [4.69, 9.17) is 5.11 Å². The largest absolute Gasteiger partial charge is 0.481 e. The van der Waals surface area contributed by atoms with Gasteiger partial charge >= 0.3 is 5.97 Å². The van der Waals surface area contributed by atoms with E-state index in [2.05, 4.69) is 5.32 Å². The Labute approximate surface area is 113 Å². The van der Waals surface area contributed by atoms with Crippen LogP contribution in [-0.4, -0.2) is 43.5 Å². The lowest BCUT2D eigenvalue weighted by Gasteiger charge is -2.09. The summed E-state index contributed by atoms with van der Waals surface area (Å²) < 4.78 is 22.5. The van der Waals surface area contributed by atoms with Crippen LogP contribution in [0.1, 0.15) is 32.6 Å². The molecule has 2 N–H and O–H groups in total. The van der Waals surface area contributed by atoms with E-state index in [-0.39, 0.29) is 29.8 Å². The first-order chi connectivity index (χ1) is 8.80. The van der Waals surface area contributed by atoms with Gasteiger partial charge in [0.05, 0.1) is 17.4 Å². The van der Waals surface area contributed by atoms with E-state index in [1.165, 1.54) is 0 Å². The summed E-state index contributed by atoms with van der Waals surface area (Å²) in [7, 11) is -2.93. The fourth-order valence-electron chi connectivity index (χ4n) is 2.13. The third-order valence-corrected chi connectivity index (χ3v) is 5.20. The van der Waals surface area contributed by atoms with Gasteiger partial charge in [-0.05, 0) is 25.2 Å². The van der Waals surface area contributed by atoms with E-state index >= 15 is 0 Å². The van der Waals surface area contributed by atoms with Gasteiger partial charge in [0.2, 0.25) is 5.91 Å². The molecular formula is C12H21NO5S. The number of hydrogen-bond donors (Lipinski definition) is 2. The monoisotopic (exact) mass is 291 g/mol. The number of carboxylic acids is 1. The Balaban J connectivity index is 2.14. The third-order valence-electron chi connectivity index (χ3n) is 3.36. The normalized spacial score (nSPS) is 22.9. The molecule has 1 aliphatic heterocycles. The summed E-state index contributed by atoms with van der Waals surface area (Å²) in [5.74, 6) is -1.16. The van der Waals surface area contributed by atoms with Gasteiger partial charge in [-0.1, -0.05) is 6.92 Å². The van der Waals surface area contributed by atoms with Crippen molar-refractivity contribution in [2.45, 2.75) is 32.6 Å². The molecule has 7 heteroatoms. The Bertz CT molecular complexity index is 431. The molecule has 1 heterocycles. The lowest BCUT2D eigenvalue weighted by atomic mass is 10.0. The molecule has 1 rings (SSSR count). The van der Waals surface area contributed by atoms with Crippen LogP contribution in [0.25, 0.3) is 0 Å². The molecule has 110 valence electrons. The Morgan fingerprint density at radius 3 is 2.63 bits per heavy atom. The van der Waals surface area contributed by atoms with E-state index in [1.807, 2.05) is 0 Å². The molecule has 2 atom stereocenters. The quantitative estimate of drug-likeness (QED) is 0.662. The summed E-state index contributed by atoms with van der Waals surface area (Å²) in [4.78, 5) is 22.1. The molecule has 0 aliphatic carbocycles. The van der Waals surface area contributed by atoms with Crippen LogP contribution in [0.2, 0.25) is 0 Å². The van der Waals surface area contributed by atoms with Crippen molar-refractivity contribution >= 4 is 21.7 Å². The van der Waals surface area contributed by atoms with Crippen LogP contribution < -0.4 is 5.32 Å². The van der Waals surface area contributed by atoms with Crippen LogP contribution in [0.5, 0.6) is 0 Å². The number of sulfone groups is 1. The predicted octanol–water partition coefficient (Wildman–Crippen LogP) is 0.428. The molecule has 1 fully saturated rings. The standard InChI is InChI=1S/C12H21NO5S/c1-9(12(15)16)3-2-5-13-11(14)7-10-4-6-19(17,18)8-10/h9-10H,2-8H2,1H3,(H,13,14)(H,15,16). The number of hydrogen-bond acceptors (Lipinski definition) is 4. The van der Waals surface area contributed by atoms with E-state index in [0.29, 0.717) is 25.8 Å². The van der Waals surface area contributed by atoms with Gasteiger partial charge in [-0.3, -0.25) is 9.59 Å². The zero-order chi connectivity index (χ0) is 14.5. The van der Waals surface area contributed by atoms with E-state index < -0.39 is 21.7 Å². The summed E-state index contributed by atoms with van der Waals surface area (Å²) >= 11 is 0. The Morgan fingerprint density at radius 1 is 1.42 bits per heavy atom. The number of carboxylic acid groups (broad SMARTS) is 1. The van der Waals surface area contributed by atoms with Gasteiger partial charge in [0, 0.05) is 13.0 Å². The van der Waals surface area contributed by atoms with Gasteiger partial charge in [-0.15, -0.1) is 0 Å². The molecule has 0 bridgehead atoms. The molecule has 0 radical (unpaired) electrons. The van der Waals surface area contributed by atoms with Crippen molar-refractivity contribution in [2.24, 2.45) is 11.8 Å². The lowest BCUT2D eigenvalue weighted by molar-refractivity contribution is -0.141. The topological polar surface area (TPSA) is 101 Å². The highest BCUT2D eigenvalue weighted by Crippen LogP contribution is 2.21. The van der Waals surface area contributed by atoms with Gasteiger partial charge in [-0.2, -0.15) is 0 Å². The third kappa shape index (κ3) is 6.04. The molecule has 19 heavy (non-hydrogen) atoms. The van der Waals surface area contributed by atoms with Crippen molar-refractivity contribution in [2.75, 3.05) is 18.1 Å². The first-order valence-corrected chi connectivity index (χ1v) is 8.32. The van der Waals surface area contributed by atoms with Crippen LogP contribution in [-0.2, 0) is 19.4 Å². The fraction of sp³-hybridized carbons (Fsp3) is 0.833. The van der Waals surface area contributed by atoms with Gasteiger partial charge in [0.15, 0.2) is 9.84 Å². The highest BCUT2D eigenvalue weighted by Gasteiger charge is 2.29. The molecule has 6 nitrogen and oxygen atoms in total. The highest BCUT2D eigenvalue weighted by atomic mass is 32.2. The molecule has 0 aromatic heterocycles. The second-order valence-corrected chi connectivity index (χ2v) is 7.43. The van der Waals surface area contributed by atoms with Crippen LogP contribution >= 0.6 is 0 Å². The average molecular weight is 291 g/mol. The molecule has 0 aromatic carbocycles. The van der Waals surface area contributed by atoms with Gasteiger partial charge in [-0.25, -0.2) is 8.42 Å². The highest BCUT2D eigenvalue weighted by molar-refractivity contribution is 7.91. The molecule has 0 saturated carbocycles. The van der Waals surface area contributed by atoms with E-state index in [9.17, 15) is 18.0 Å². The van der Waals surface area contributed by atoms with Gasteiger partial charge in [0.25, 0.3) is 0 Å². The van der Waals surface area contributed by atoms with Crippen molar-refractivity contribution < 1.29 is 23.1 Å². The van der Waals surface area contributed by atoms with E-state index in [1.54, 1.807) is 6.92 Å². The summed E-state index contributed by atoms with van der Waals surface area (Å²) in [6, 6.07) is 0. The Kier molecular flexibility index (Phi) is 5.78. The minimum Gasteiger partial charge on any atom is -0.481 e. The molecule has 2 unspecified atom stereocenters. The summed E-state index contributed by atoms with van der Waals surface area (Å²) in [5, 5.41) is 11.4. The Hall–Kier alpha value is -1.11. The van der Waals surface area contributed by atoms with Crippen LogP contribution in [0.4, 0.5) is 0 Å². The number of rotatable bonds is 7. The van der Waals surface area contributed by atoms with Crippen molar-refractivity contribution in [1.82, 2.24) is 5.32 Å². The van der Waals surface area contributed by atoms with Crippen LogP contribution in [0.15, 0.2) is 0 Å². The minimum absolute atomic E-state index is 0.0667. The number of amides is 1. The first kappa shape index (κ1) is 15.9.